The second kappa shape index (κ2) is 7.42. The van der Waals surface area contributed by atoms with Gasteiger partial charge in [-0.15, -0.1) is 0 Å². The molecule has 0 atom stereocenters. The van der Waals surface area contributed by atoms with E-state index in [2.05, 4.69) is 5.32 Å². The van der Waals surface area contributed by atoms with Crippen molar-refractivity contribution in [2.75, 3.05) is 5.32 Å². The molecule has 0 saturated carbocycles. The number of allylic oxidation sites excluding steroid dienone is 1. The third-order valence-electron chi connectivity index (χ3n) is 3.04. The molecule has 2 aromatic rings. The fourth-order valence-corrected chi connectivity index (χ4v) is 2.02. The molecular weight excluding hydrogens is 274 g/mol. The van der Waals surface area contributed by atoms with Crippen molar-refractivity contribution in [1.29, 1.82) is 10.5 Å². The summed E-state index contributed by atoms with van der Waals surface area (Å²) in [7, 11) is 0. The van der Waals surface area contributed by atoms with Gasteiger partial charge in [-0.2, -0.15) is 10.5 Å². The van der Waals surface area contributed by atoms with Gasteiger partial charge in [0.2, 0.25) is 5.91 Å². The van der Waals surface area contributed by atoms with E-state index < -0.39 is 0 Å². The number of nitriles is 2. The maximum atomic E-state index is 12.2. The normalized spacial score (nSPS) is 9.18. The molecule has 1 N–H and O–H groups in total. The van der Waals surface area contributed by atoms with Gasteiger partial charge in [-0.05, 0) is 23.3 Å². The Hall–Kier alpha value is -3.37. The Morgan fingerprint density at radius 3 is 2.00 bits per heavy atom. The van der Waals surface area contributed by atoms with E-state index in [-0.39, 0.29) is 17.9 Å². The van der Waals surface area contributed by atoms with E-state index in [9.17, 15) is 4.79 Å². The van der Waals surface area contributed by atoms with Gasteiger partial charge < -0.3 is 5.32 Å². The highest BCUT2D eigenvalue weighted by atomic mass is 16.1. The van der Waals surface area contributed by atoms with E-state index in [1.165, 1.54) is 0 Å². The van der Waals surface area contributed by atoms with Gasteiger partial charge in [0.25, 0.3) is 0 Å². The van der Waals surface area contributed by atoms with Crippen LogP contribution in [0, 0.1) is 22.7 Å². The van der Waals surface area contributed by atoms with Gasteiger partial charge in [0, 0.05) is 5.69 Å². The summed E-state index contributed by atoms with van der Waals surface area (Å²) in [5.41, 5.74) is 1.76. The first kappa shape index (κ1) is 15.0. The first-order valence-electron chi connectivity index (χ1n) is 6.68. The Balaban J connectivity index is 2.26. The number of benzene rings is 2. The molecule has 0 aliphatic rings. The fraction of sp³-hybridized carbons (Fsp3) is 0.0556. The molecule has 4 heteroatoms. The molecule has 0 heterocycles. The van der Waals surface area contributed by atoms with Gasteiger partial charge in [-0.1, -0.05) is 48.5 Å². The molecule has 22 heavy (non-hydrogen) atoms. The number of nitrogens with zero attached hydrogens (tertiary/aromatic N) is 2. The van der Waals surface area contributed by atoms with E-state index in [0.29, 0.717) is 16.8 Å². The van der Waals surface area contributed by atoms with Crippen molar-refractivity contribution in [3.63, 3.8) is 0 Å². The molecular formula is C18H13N3O. The Labute approximate surface area is 128 Å². The van der Waals surface area contributed by atoms with Crippen LogP contribution in [0.25, 0.3) is 5.57 Å². The van der Waals surface area contributed by atoms with Crippen LogP contribution in [0.4, 0.5) is 5.69 Å². The van der Waals surface area contributed by atoms with Crippen LogP contribution in [0.2, 0.25) is 0 Å². The zero-order valence-electron chi connectivity index (χ0n) is 11.8. The number of hydrogen-bond donors (Lipinski definition) is 1. The standard InChI is InChI=1S/C18H13N3O/c19-12-15(13-20)17(14-7-3-1-4-8-14)11-18(22)21-16-9-5-2-6-10-16/h1-10H,11H2,(H,21,22). The van der Waals surface area contributed by atoms with Crippen molar-refractivity contribution < 1.29 is 4.79 Å². The summed E-state index contributed by atoms with van der Waals surface area (Å²) in [6, 6.07) is 21.8. The minimum Gasteiger partial charge on any atom is -0.326 e. The highest BCUT2D eigenvalue weighted by molar-refractivity contribution is 5.99. The van der Waals surface area contributed by atoms with E-state index in [4.69, 9.17) is 10.5 Å². The number of nitrogens with one attached hydrogen (secondary N) is 1. The van der Waals surface area contributed by atoms with Gasteiger partial charge in [-0.25, -0.2) is 0 Å². The van der Waals surface area contributed by atoms with Crippen molar-refractivity contribution in [1.82, 2.24) is 0 Å². The van der Waals surface area contributed by atoms with Crippen LogP contribution in [0.5, 0.6) is 0 Å². The quantitative estimate of drug-likeness (QED) is 0.874. The molecule has 0 aromatic heterocycles. The fourth-order valence-electron chi connectivity index (χ4n) is 2.02. The number of hydrogen-bond acceptors (Lipinski definition) is 3. The average Bonchev–Trinajstić information content (AvgIpc) is 2.56. The predicted molar refractivity (Wildman–Crippen MR) is 84.3 cm³/mol. The Bertz CT molecular complexity index is 749. The van der Waals surface area contributed by atoms with E-state index in [1.54, 1.807) is 36.4 Å². The third-order valence-corrected chi connectivity index (χ3v) is 3.04. The molecule has 0 bridgehead atoms. The minimum atomic E-state index is -0.270. The Morgan fingerprint density at radius 1 is 0.909 bits per heavy atom. The van der Waals surface area contributed by atoms with Gasteiger partial charge in [0.15, 0.2) is 0 Å². The molecule has 1 amide bonds. The molecule has 0 saturated heterocycles. The average molecular weight is 287 g/mol. The number of amides is 1. The van der Waals surface area contributed by atoms with Crippen LogP contribution in [0.15, 0.2) is 66.2 Å². The zero-order valence-corrected chi connectivity index (χ0v) is 11.8. The molecule has 0 aliphatic heterocycles. The van der Waals surface area contributed by atoms with Gasteiger partial charge in [0.05, 0.1) is 6.42 Å². The molecule has 2 aromatic carbocycles. The SMILES string of the molecule is N#CC(C#N)=C(CC(=O)Nc1ccccc1)c1ccccc1. The highest BCUT2D eigenvalue weighted by Gasteiger charge is 2.14. The molecule has 0 spiro atoms. The largest absolute Gasteiger partial charge is 0.326 e. The summed E-state index contributed by atoms with van der Waals surface area (Å²) in [4.78, 5) is 12.2. The predicted octanol–water partition coefficient (Wildman–Crippen LogP) is 3.52. The summed E-state index contributed by atoms with van der Waals surface area (Å²) in [5, 5.41) is 20.9. The minimum absolute atomic E-state index is 0.0324. The van der Waals surface area contributed by atoms with Crippen molar-refractivity contribution in [3.05, 3.63) is 71.8 Å². The number of carbonyl (C=O) groups is 1. The first-order valence-corrected chi connectivity index (χ1v) is 6.68. The van der Waals surface area contributed by atoms with Gasteiger partial charge in [-0.3, -0.25) is 4.79 Å². The lowest BCUT2D eigenvalue weighted by Crippen LogP contribution is -2.12. The van der Waals surface area contributed by atoms with Crippen LogP contribution in [0.3, 0.4) is 0 Å². The molecule has 0 unspecified atom stereocenters. The lowest BCUT2D eigenvalue weighted by molar-refractivity contribution is -0.115. The van der Waals surface area contributed by atoms with E-state index >= 15 is 0 Å². The van der Waals surface area contributed by atoms with Crippen molar-refractivity contribution in [3.8, 4) is 12.1 Å². The summed E-state index contributed by atoms with van der Waals surface area (Å²) in [5.74, 6) is -0.270. The van der Waals surface area contributed by atoms with Gasteiger partial charge >= 0.3 is 0 Å². The van der Waals surface area contributed by atoms with Crippen molar-refractivity contribution in [2.45, 2.75) is 6.42 Å². The third kappa shape index (κ3) is 3.82. The summed E-state index contributed by atoms with van der Waals surface area (Å²) in [6.45, 7) is 0. The lowest BCUT2D eigenvalue weighted by Gasteiger charge is -2.09. The molecule has 4 nitrogen and oxygen atoms in total. The Kier molecular flexibility index (Phi) is 5.07. The van der Waals surface area contributed by atoms with Crippen LogP contribution < -0.4 is 5.32 Å². The van der Waals surface area contributed by atoms with Gasteiger partial charge in [0.1, 0.15) is 17.7 Å². The number of anilines is 1. The summed E-state index contributed by atoms with van der Waals surface area (Å²) >= 11 is 0. The van der Waals surface area contributed by atoms with Crippen LogP contribution >= 0.6 is 0 Å². The molecule has 106 valence electrons. The van der Waals surface area contributed by atoms with Crippen molar-refractivity contribution in [2.24, 2.45) is 0 Å². The number of carbonyl (C=O) groups excluding carboxylic acids is 1. The number of rotatable bonds is 4. The van der Waals surface area contributed by atoms with E-state index in [0.717, 1.165) is 0 Å². The van der Waals surface area contributed by atoms with Crippen LogP contribution in [-0.4, -0.2) is 5.91 Å². The Morgan fingerprint density at radius 2 is 1.45 bits per heavy atom. The molecule has 2 rings (SSSR count). The van der Waals surface area contributed by atoms with Crippen LogP contribution in [-0.2, 0) is 4.79 Å². The maximum Gasteiger partial charge on any atom is 0.228 e. The highest BCUT2D eigenvalue weighted by Crippen LogP contribution is 2.22. The molecule has 0 aliphatic carbocycles. The summed E-state index contributed by atoms with van der Waals surface area (Å²) in [6.07, 6.45) is -0.0324. The molecule has 0 radical (unpaired) electrons. The number of para-hydroxylation sites is 1. The van der Waals surface area contributed by atoms with E-state index in [1.807, 2.05) is 36.4 Å². The lowest BCUT2D eigenvalue weighted by atomic mass is 9.97. The molecule has 0 fully saturated rings. The summed E-state index contributed by atoms with van der Waals surface area (Å²) < 4.78 is 0. The van der Waals surface area contributed by atoms with Crippen molar-refractivity contribution >= 4 is 17.2 Å². The maximum absolute atomic E-state index is 12.2. The second-order valence-corrected chi connectivity index (χ2v) is 4.53. The second-order valence-electron chi connectivity index (χ2n) is 4.53. The van der Waals surface area contributed by atoms with Crippen LogP contribution in [0.1, 0.15) is 12.0 Å². The smallest absolute Gasteiger partial charge is 0.228 e. The topological polar surface area (TPSA) is 76.7 Å². The first-order chi connectivity index (χ1) is 10.7. The zero-order chi connectivity index (χ0) is 15.8. The monoisotopic (exact) mass is 287 g/mol.